The third-order valence-corrected chi connectivity index (χ3v) is 4.40. The molecule has 1 saturated heterocycles. The van der Waals surface area contributed by atoms with Crippen LogP contribution in [0, 0.1) is 5.92 Å². The molecule has 0 atom stereocenters. The number of rotatable bonds is 7. The van der Waals surface area contributed by atoms with Crippen LogP contribution < -0.4 is 10.6 Å². The van der Waals surface area contributed by atoms with Gasteiger partial charge in [0.05, 0.1) is 5.56 Å². The van der Waals surface area contributed by atoms with E-state index in [1.807, 2.05) is 7.05 Å². The number of ether oxygens (including phenoxy) is 1. The van der Waals surface area contributed by atoms with E-state index in [-0.39, 0.29) is 29.9 Å². The highest BCUT2D eigenvalue weighted by Crippen LogP contribution is 2.18. The van der Waals surface area contributed by atoms with Gasteiger partial charge in [-0.25, -0.2) is 0 Å². The van der Waals surface area contributed by atoms with Gasteiger partial charge in [0.25, 0.3) is 5.91 Å². The van der Waals surface area contributed by atoms with Crippen LogP contribution in [0.25, 0.3) is 0 Å². The predicted molar refractivity (Wildman–Crippen MR) is 114 cm³/mol. The summed E-state index contributed by atoms with van der Waals surface area (Å²) < 4.78 is 5.40. The molecule has 2 N–H and O–H groups in total. The molecular formula is C18H30IN5O2. The fourth-order valence-corrected chi connectivity index (χ4v) is 2.85. The minimum atomic E-state index is -0.113. The molecule has 26 heavy (non-hydrogen) atoms. The monoisotopic (exact) mass is 475 g/mol. The summed E-state index contributed by atoms with van der Waals surface area (Å²) in [7, 11) is 3.82. The number of nitrogens with zero attached hydrogens (tertiary/aromatic N) is 3. The van der Waals surface area contributed by atoms with E-state index in [9.17, 15) is 4.79 Å². The second-order valence-electron chi connectivity index (χ2n) is 6.24. The Kier molecular flexibility index (Phi) is 11.2. The number of guanidine groups is 1. The number of halogens is 1. The first-order valence-electron chi connectivity index (χ1n) is 8.88. The number of hydrogen-bond acceptors (Lipinski definition) is 4. The SMILES string of the molecule is CN=C(NCCNC(=O)c1cccnc1)N(C)CCC1CCOCC1.I. The Balaban J connectivity index is 0.00000338. The van der Waals surface area contributed by atoms with Crippen LogP contribution in [-0.4, -0.2) is 68.7 Å². The molecule has 1 aliphatic heterocycles. The maximum atomic E-state index is 11.9. The van der Waals surface area contributed by atoms with Crippen LogP contribution in [0.15, 0.2) is 29.5 Å². The summed E-state index contributed by atoms with van der Waals surface area (Å²) in [5.74, 6) is 1.48. The standard InChI is InChI=1S/C18H29N5O2.HI/c1-19-18(23(2)11-5-15-6-12-25-13-7-15)22-10-9-21-17(24)16-4-3-8-20-14-16;/h3-4,8,14-15H,5-7,9-13H2,1-2H3,(H,19,22)(H,21,24);1H. The van der Waals surface area contributed by atoms with E-state index >= 15 is 0 Å². The van der Waals surface area contributed by atoms with Crippen molar-refractivity contribution in [2.24, 2.45) is 10.9 Å². The normalized spacial score (nSPS) is 15.1. The van der Waals surface area contributed by atoms with Crippen molar-refractivity contribution in [1.82, 2.24) is 20.5 Å². The van der Waals surface area contributed by atoms with Crippen molar-refractivity contribution in [3.05, 3.63) is 30.1 Å². The number of nitrogens with one attached hydrogen (secondary N) is 2. The molecule has 0 bridgehead atoms. The molecule has 0 spiro atoms. The Morgan fingerprint density at radius 2 is 2.08 bits per heavy atom. The maximum absolute atomic E-state index is 11.9. The first-order valence-corrected chi connectivity index (χ1v) is 8.88. The molecule has 1 fully saturated rings. The molecule has 0 saturated carbocycles. The number of carbonyl (C=O) groups is 1. The molecule has 0 unspecified atom stereocenters. The lowest BCUT2D eigenvalue weighted by Crippen LogP contribution is -2.43. The van der Waals surface area contributed by atoms with Gasteiger partial charge in [0, 0.05) is 59.3 Å². The van der Waals surface area contributed by atoms with Crippen molar-refractivity contribution in [2.45, 2.75) is 19.3 Å². The van der Waals surface area contributed by atoms with Crippen LogP contribution in [0.5, 0.6) is 0 Å². The van der Waals surface area contributed by atoms with Gasteiger partial charge >= 0.3 is 0 Å². The summed E-state index contributed by atoms with van der Waals surface area (Å²) in [6.07, 6.45) is 6.67. The largest absolute Gasteiger partial charge is 0.381 e. The molecule has 1 aromatic rings. The Morgan fingerprint density at radius 3 is 2.73 bits per heavy atom. The molecule has 0 aliphatic carbocycles. The Morgan fingerprint density at radius 1 is 1.35 bits per heavy atom. The lowest BCUT2D eigenvalue weighted by atomic mass is 9.96. The van der Waals surface area contributed by atoms with Crippen LogP contribution in [0.1, 0.15) is 29.6 Å². The van der Waals surface area contributed by atoms with E-state index in [4.69, 9.17) is 4.74 Å². The average Bonchev–Trinajstić information content (AvgIpc) is 2.67. The fourth-order valence-electron chi connectivity index (χ4n) is 2.85. The summed E-state index contributed by atoms with van der Waals surface area (Å²) in [4.78, 5) is 22.3. The summed E-state index contributed by atoms with van der Waals surface area (Å²) >= 11 is 0. The van der Waals surface area contributed by atoms with Gasteiger partial charge in [-0.3, -0.25) is 14.8 Å². The predicted octanol–water partition coefficient (Wildman–Crippen LogP) is 1.75. The smallest absolute Gasteiger partial charge is 0.252 e. The van der Waals surface area contributed by atoms with E-state index < -0.39 is 0 Å². The Bertz CT molecular complexity index is 550. The molecule has 1 aromatic heterocycles. The molecule has 7 nitrogen and oxygen atoms in total. The first-order chi connectivity index (χ1) is 12.2. The molecule has 0 radical (unpaired) electrons. The van der Waals surface area contributed by atoms with Crippen LogP contribution >= 0.6 is 24.0 Å². The highest BCUT2D eigenvalue weighted by Gasteiger charge is 2.15. The third kappa shape index (κ3) is 7.86. The van der Waals surface area contributed by atoms with Crippen LogP contribution in [-0.2, 0) is 4.74 Å². The second-order valence-corrected chi connectivity index (χ2v) is 6.24. The molecule has 146 valence electrons. The fraction of sp³-hybridized carbons (Fsp3) is 0.611. The minimum absolute atomic E-state index is 0. The van der Waals surface area contributed by atoms with Crippen molar-refractivity contribution in [2.75, 3.05) is 46.9 Å². The van der Waals surface area contributed by atoms with Gasteiger partial charge in [-0.15, -0.1) is 24.0 Å². The highest BCUT2D eigenvalue weighted by atomic mass is 127. The number of aromatic nitrogens is 1. The Labute approximate surface area is 173 Å². The topological polar surface area (TPSA) is 78.8 Å². The quantitative estimate of drug-likeness (QED) is 0.272. The summed E-state index contributed by atoms with van der Waals surface area (Å²) in [6.45, 7) is 3.89. The van der Waals surface area contributed by atoms with Gasteiger partial charge in [-0.1, -0.05) is 0 Å². The molecule has 1 aliphatic rings. The van der Waals surface area contributed by atoms with Gasteiger partial charge in [-0.2, -0.15) is 0 Å². The zero-order chi connectivity index (χ0) is 17.9. The third-order valence-electron chi connectivity index (χ3n) is 4.40. The molecule has 8 heteroatoms. The van der Waals surface area contributed by atoms with Crippen molar-refractivity contribution >= 4 is 35.8 Å². The maximum Gasteiger partial charge on any atom is 0.252 e. The summed E-state index contributed by atoms with van der Waals surface area (Å²) in [5.41, 5.74) is 0.570. The number of carbonyl (C=O) groups excluding carboxylic acids is 1. The molecular weight excluding hydrogens is 445 g/mol. The number of aliphatic imine (C=N–C) groups is 1. The zero-order valence-electron chi connectivity index (χ0n) is 15.6. The number of hydrogen-bond donors (Lipinski definition) is 2. The van der Waals surface area contributed by atoms with Gasteiger partial charge in [-0.05, 0) is 37.3 Å². The summed E-state index contributed by atoms with van der Waals surface area (Å²) in [5, 5.41) is 6.16. The van der Waals surface area contributed by atoms with Gasteiger partial charge in [0.15, 0.2) is 5.96 Å². The van der Waals surface area contributed by atoms with E-state index in [1.165, 1.54) is 0 Å². The Hall–Kier alpha value is -1.42. The lowest BCUT2D eigenvalue weighted by Gasteiger charge is -2.26. The average molecular weight is 475 g/mol. The van der Waals surface area contributed by atoms with Crippen LogP contribution in [0.4, 0.5) is 0 Å². The highest BCUT2D eigenvalue weighted by molar-refractivity contribution is 14.0. The zero-order valence-corrected chi connectivity index (χ0v) is 17.9. The van der Waals surface area contributed by atoms with E-state index in [0.717, 1.165) is 50.9 Å². The first kappa shape index (κ1) is 22.6. The molecule has 2 heterocycles. The van der Waals surface area contributed by atoms with E-state index in [2.05, 4.69) is 25.5 Å². The molecule has 1 amide bonds. The molecule has 2 rings (SSSR count). The van der Waals surface area contributed by atoms with Crippen molar-refractivity contribution in [3.63, 3.8) is 0 Å². The van der Waals surface area contributed by atoms with Crippen molar-refractivity contribution in [3.8, 4) is 0 Å². The minimum Gasteiger partial charge on any atom is -0.381 e. The van der Waals surface area contributed by atoms with Crippen LogP contribution in [0.3, 0.4) is 0 Å². The van der Waals surface area contributed by atoms with Crippen molar-refractivity contribution in [1.29, 1.82) is 0 Å². The van der Waals surface area contributed by atoms with Gasteiger partial charge in [0.1, 0.15) is 0 Å². The van der Waals surface area contributed by atoms with Crippen LogP contribution in [0.2, 0.25) is 0 Å². The van der Waals surface area contributed by atoms with Gasteiger partial charge in [0.2, 0.25) is 0 Å². The number of amides is 1. The van der Waals surface area contributed by atoms with E-state index in [0.29, 0.717) is 18.7 Å². The summed E-state index contributed by atoms with van der Waals surface area (Å²) in [6, 6.07) is 3.50. The lowest BCUT2D eigenvalue weighted by molar-refractivity contribution is 0.0625. The molecule has 0 aromatic carbocycles. The second kappa shape index (κ2) is 12.9. The van der Waals surface area contributed by atoms with Gasteiger partial charge < -0.3 is 20.3 Å². The number of pyridine rings is 1. The van der Waals surface area contributed by atoms with E-state index in [1.54, 1.807) is 31.6 Å². The van der Waals surface area contributed by atoms with Crippen molar-refractivity contribution < 1.29 is 9.53 Å².